The third-order valence-corrected chi connectivity index (χ3v) is 3.87. The van der Waals surface area contributed by atoms with Crippen LogP contribution in [0.5, 0.6) is 0 Å². The molecule has 0 spiro atoms. The van der Waals surface area contributed by atoms with Crippen molar-refractivity contribution in [1.82, 2.24) is 9.97 Å². The fourth-order valence-electron chi connectivity index (χ4n) is 1.31. The molecule has 1 heterocycles. The molecule has 16 heavy (non-hydrogen) atoms. The molecule has 4 nitrogen and oxygen atoms in total. The maximum absolute atomic E-state index is 11.6. The van der Waals surface area contributed by atoms with Crippen LogP contribution in [-0.2, 0) is 12.2 Å². The number of hydrogen-bond donors (Lipinski definition) is 2. The summed E-state index contributed by atoms with van der Waals surface area (Å²) < 4.78 is 0. The van der Waals surface area contributed by atoms with Gasteiger partial charge in [0.2, 0.25) is 0 Å². The molecule has 1 atom stereocenters. The van der Waals surface area contributed by atoms with Crippen molar-refractivity contribution in [2.45, 2.75) is 44.6 Å². The Bertz CT molecular complexity index is 403. The average Bonchev–Trinajstić information content (AvgIpc) is 2.25. The van der Waals surface area contributed by atoms with Crippen LogP contribution in [0.1, 0.15) is 38.6 Å². The highest BCUT2D eigenvalue weighted by molar-refractivity contribution is 7.99. The minimum absolute atomic E-state index is 0.102. The Morgan fingerprint density at radius 3 is 2.69 bits per heavy atom. The fraction of sp³-hybridized carbons (Fsp3) is 0.636. The van der Waals surface area contributed by atoms with E-state index in [2.05, 4.69) is 23.8 Å². The Labute approximate surface area is 100 Å². The van der Waals surface area contributed by atoms with Gasteiger partial charge in [-0.2, -0.15) is 11.8 Å². The van der Waals surface area contributed by atoms with Crippen LogP contribution < -0.4 is 11.3 Å². The molecule has 0 radical (unpaired) electrons. The van der Waals surface area contributed by atoms with Crippen molar-refractivity contribution in [1.29, 1.82) is 0 Å². The van der Waals surface area contributed by atoms with Gasteiger partial charge >= 0.3 is 0 Å². The van der Waals surface area contributed by atoms with Crippen molar-refractivity contribution in [3.05, 3.63) is 21.7 Å². The molecule has 1 aromatic rings. The second-order valence-electron chi connectivity index (χ2n) is 3.76. The smallest absolute Gasteiger partial charge is 0.256 e. The summed E-state index contributed by atoms with van der Waals surface area (Å²) in [6.45, 7) is 6.20. The van der Waals surface area contributed by atoms with Crippen LogP contribution in [0.25, 0.3) is 0 Å². The number of anilines is 1. The molecule has 0 aromatic carbocycles. The molecule has 0 saturated carbocycles. The number of aromatic amines is 1. The van der Waals surface area contributed by atoms with E-state index in [9.17, 15) is 4.79 Å². The molecule has 0 saturated heterocycles. The summed E-state index contributed by atoms with van der Waals surface area (Å²) >= 11 is 1.77. The van der Waals surface area contributed by atoms with E-state index in [0.717, 1.165) is 6.42 Å². The summed E-state index contributed by atoms with van der Waals surface area (Å²) in [5, 5.41) is 0.567. The van der Waals surface area contributed by atoms with Gasteiger partial charge in [-0.1, -0.05) is 20.8 Å². The van der Waals surface area contributed by atoms with Gasteiger partial charge in [0, 0.05) is 5.25 Å². The van der Waals surface area contributed by atoms with Crippen LogP contribution in [-0.4, -0.2) is 15.2 Å². The topological polar surface area (TPSA) is 71.8 Å². The van der Waals surface area contributed by atoms with Gasteiger partial charge in [0.1, 0.15) is 11.6 Å². The van der Waals surface area contributed by atoms with Crippen LogP contribution in [0.4, 0.5) is 5.82 Å². The molecule has 0 aliphatic carbocycles. The van der Waals surface area contributed by atoms with E-state index in [0.29, 0.717) is 34.6 Å². The van der Waals surface area contributed by atoms with Gasteiger partial charge in [0.15, 0.2) is 0 Å². The lowest BCUT2D eigenvalue weighted by Crippen LogP contribution is -2.19. The maximum atomic E-state index is 11.6. The highest BCUT2D eigenvalue weighted by atomic mass is 32.2. The standard InChI is InChI=1S/C11H19N3OS/c1-4-7(3)16-6-9-13-10(12)8(5-2)11(15)14-9/h7H,4-6H2,1-3H3,(H3,12,13,14,15). The number of aromatic nitrogens is 2. The van der Waals surface area contributed by atoms with Gasteiger partial charge in [0.25, 0.3) is 5.56 Å². The lowest BCUT2D eigenvalue weighted by molar-refractivity contribution is 0.897. The first-order valence-corrected chi connectivity index (χ1v) is 6.62. The lowest BCUT2D eigenvalue weighted by Gasteiger charge is -2.08. The van der Waals surface area contributed by atoms with Crippen molar-refractivity contribution in [2.75, 3.05) is 5.73 Å². The molecule has 0 amide bonds. The molecule has 1 unspecified atom stereocenters. The molecule has 90 valence electrons. The van der Waals surface area contributed by atoms with E-state index in [-0.39, 0.29) is 5.56 Å². The predicted octanol–water partition coefficient (Wildman–Crippen LogP) is 1.95. The largest absolute Gasteiger partial charge is 0.383 e. The number of nitrogens with two attached hydrogens (primary N) is 1. The van der Waals surface area contributed by atoms with E-state index in [1.165, 1.54) is 0 Å². The normalized spacial score (nSPS) is 12.7. The second-order valence-corrected chi connectivity index (χ2v) is 5.19. The van der Waals surface area contributed by atoms with Crippen LogP contribution in [0.3, 0.4) is 0 Å². The van der Waals surface area contributed by atoms with Crippen LogP contribution in [0.2, 0.25) is 0 Å². The van der Waals surface area contributed by atoms with E-state index in [1.807, 2.05) is 6.92 Å². The summed E-state index contributed by atoms with van der Waals surface area (Å²) in [7, 11) is 0. The molecule has 1 rings (SSSR count). The van der Waals surface area contributed by atoms with Gasteiger partial charge in [-0.05, 0) is 12.8 Å². The van der Waals surface area contributed by atoms with Gasteiger partial charge in [0.05, 0.1) is 11.3 Å². The molecule has 3 N–H and O–H groups in total. The van der Waals surface area contributed by atoms with Crippen LogP contribution in [0.15, 0.2) is 4.79 Å². The highest BCUT2D eigenvalue weighted by Gasteiger charge is 2.08. The lowest BCUT2D eigenvalue weighted by atomic mass is 10.2. The Morgan fingerprint density at radius 1 is 1.50 bits per heavy atom. The number of thioether (sulfide) groups is 1. The number of nitrogen functional groups attached to an aromatic ring is 1. The van der Waals surface area contributed by atoms with Crippen molar-refractivity contribution < 1.29 is 0 Å². The van der Waals surface area contributed by atoms with Gasteiger partial charge < -0.3 is 10.7 Å². The quantitative estimate of drug-likeness (QED) is 0.826. The number of H-pyrrole nitrogens is 1. The number of hydrogen-bond acceptors (Lipinski definition) is 4. The zero-order valence-electron chi connectivity index (χ0n) is 10.0. The third kappa shape index (κ3) is 3.27. The first-order chi connectivity index (χ1) is 7.58. The van der Waals surface area contributed by atoms with E-state index in [1.54, 1.807) is 11.8 Å². The number of nitrogens with one attached hydrogen (secondary N) is 1. The Balaban J connectivity index is 2.80. The van der Waals surface area contributed by atoms with Crippen LogP contribution in [0, 0.1) is 0 Å². The van der Waals surface area contributed by atoms with Gasteiger partial charge in [-0.3, -0.25) is 4.79 Å². The first kappa shape index (κ1) is 13.1. The Hall–Kier alpha value is -0.970. The Morgan fingerprint density at radius 2 is 2.19 bits per heavy atom. The summed E-state index contributed by atoms with van der Waals surface area (Å²) in [6, 6.07) is 0. The minimum Gasteiger partial charge on any atom is -0.383 e. The molecule has 0 bridgehead atoms. The van der Waals surface area contributed by atoms with Crippen LogP contribution >= 0.6 is 11.8 Å². The molecule has 5 heteroatoms. The molecular weight excluding hydrogens is 222 g/mol. The Kier molecular flexibility index (Phi) is 4.86. The van der Waals surface area contributed by atoms with Crippen molar-refractivity contribution in [2.24, 2.45) is 0 Å². The summed E-state index contributed by atoms with van der Waals surface area (Å²) in [4.78, 5) is 18.6. The van der Waals surface area contributed by atoms with Crippen molar-refractivity contribution in [3.63, 3.8) is 0 Å². The van der Waals surface area contributed by atoms with E-state index in [4.69, 9.17) is 5.73 Å². The molecule has 0 fully saturated rings. The van der Waals surface area contributed by atoms with Gasteiger partial charge in [-0.15, -0.1) is 0 Å². The molecule has 0 aliphatic heterocycles. The third-order valence-electron chi connectivity index (χ3n) is 2.53. The number of nitrogens with zero attached hydrogens (tertiary/aromatic N) is 1. The molecular formula is C11H19N3OS. The van der Waals surface area contributed by atoms with Crippen molar-refractivity contribution in [3.8, 4) is 0 Å². The summed E-state index contributed by atoms with van der Waals surface area (Å²) in [5.41, 5.74) is 6.21. The zero-order chi connectivity index (χ0) is 12.1. The SMILES string of the molecule is CCc1c(N)nc(CSC(C)CC)[nH]c1=O. The molecule has 1 aromatic heterocycles. The minimum atomic E-state index is -0.102. The highest BCUT2D eigenvalue weighted by Crippen LogP contribution is 2.17. The van der Waals surface area contributed by atoms with E-state index < -0.39 is 0 Å². The van der Waals surface area contributed by atoms with Crippen molar-refractivity contribution >= 4 is 17.6 Å². The first-order valence-electron chi connectivity index (χ1n) is 5.57. The monoisotopic (exact) mass is 241 g/mol. The fourth-order valence-corrected chi connectivity index (χ4v) is 2.13. The number of rotatable bonds is 5. The second kappa shape index (κ2) is 5.94. The summed E-state index contributed by atoms with van der Waals surface area (Å²) in [5.74, 6) is 1.74. The predicted molar refractivity (Wildman–Crippen MR) is 69.7 cm³/mol. The maximum Gasteiger partial charge on any atom is 0.256 e. The van der Waals surface area contributed by atoms with E-state index >= 15 is 0 Å². The zero-order valence-corrected chi connectivity index (χ0v) is 10.9. The summed E-state index contributed by atoms with van der Waals surface area (Å²) in [6.07, 6.45) is 1.73. The average molecular weight is 241 g/mol. The molecule has 0 aliphatic rings. The van der Waals surface area contributed by atoms with Gasteiger partial charge in [-0.25, -0.2) is 4.98 Å².